The van der Waals surface area contributed by atoms with Gasteiger partial charge in [-0.15, -0.1) is 0 Å². The molecule has 3 nitrogen and oxygen atoms in total. The minimum absolute atomic E-state index is 0.161. The third kappa shape index (κ3) is 2.06. The van der Waals surface area contributed by atoms with Crippen molar-refractivity contribution < 1.29 is 8.78 Å². The predicted octanol–water partition coefficient (Wildman–Crippen LogP) is 2.39. The first-order chi connectivity index (χ1) is 8.00. The molecule has 0 aliphatic carbocycles. The van der Waals surface area contributed by atoms with E-state index in [-0.39, 0.29) is 6.04 Å². The Morgan fingerprint density at radius 2 is 2.00 bits per heavy atom. The molecule has 2 aromatic rings. The van der Waals surface area contributed by atoms with Gasteiger partial charge in [0.2, 0.25) is 0 Å². The molecule has 0 radical (unpaired) electrons. The monoisotopic (exact) mass is 237 g/mol. The van der Waals surface area contributed by atoms with E-state index in [9.17, 15) is 8.78 Å². The summed E-state index contributed by atoms with van der Waals surface area (Å²) in [6.45, 7) is 1.84. The average Bonchev–Trinajstić information content (AvgIpc) is 2.64. The standard InChI is InChI=1S/C12H13F2N3/c1-7(15)11-6-16-12(17(11)2)8-3-4-9(13)10(14)5-8/h3-7H,15H2,1-2H3. The summed E-state index contributed by atoms with van der Waals surface area (Å²) in [4.78, 5) is 4.17. The lowest BCUT2D eigenvalue weighted by Gasteiger charge is -2.08. The molecular formula is C12H13F2N3. The number of halogens is 2. The van der Waals surface area contributed by atoms with Crippen LogP contribution in [-0.4, -0.2) is 9.55 Å². The summed E-state index contributed by atoms with van der Waals surface area (Å²) >= 11 is 0. The van der Waals surface area contributed by atoms with Crippen LogP contribution in [0.15, 0.2) is 24.4 Å². The smallest absolute Gasteiger partial charge is 0.159 e. The van der Waals surface area contributed by atoms with Gasteiger partial charge in [-0.3, -0.25) is 0 Å². The summed E-state index contributed by atoms with van der Waals surface area (Å²) in [5.41, 5.74) is 7.13. The van der Waals surface area contributed by atoms with Crippen LogP contribution in [0.5, 0.6) is 0 Å². The molecule has 0 amide bonds. The van der Waals surface area contributed by atoms with E-state index in [0.717, 1.165) is 17.8 Å². The van der Waals surface area contributed by atoms with E-state index in [1.54, 1.807) is 17.8 Å². The van der Waals surface area contributed by atoms with Crippen molar-refractivity contribution in [3.63, 3.8) is 0 Å². The molecule has 2 N–H and O–H groups in total. The largest absolute Gasteiger partial charge is 0.330 e. The molecule has 1 unspecified atom stereocenters. The summed E-state index contributed by atoms with van der Waals surface area (Å²) < 4.78 is 27.7. The fraction of sp³-hybridized carbons (Fsp3) is 0.250. The zero-order valence-electron chi connectivity index (χ0n) is 9.61. The fourth-order valence-electron chi connectivity index (χ4n) is 1.75. The Morgan fingerprint density at radius 3 is 2.53 bits per heavy atom. The van der Waals surface area contributed by atoms with Gasteiger partial charge in [-0.05, 0) is 25.1 Å². The molecule has 0 saturated carbocycles. The minimum atomic E-state index is -0.882. The van der Waals surface area contributed by atoms with E-state index in [1.807, 2.05) is 6.92 Å². The summed E-state index contributed by atoms with van der Waals surface area (Å²) in [6, 6.07) is 3.55. The van der Waals surface area contributed by atoms with Crippen molar-refractivity contribution in [2.75, 3.05) is 0 Å². The van der Waals surface area contributed by atoms with E-state index >= 15 is 0 Å². The number of aromatic nitrogens is 2. The van der Waals surface area contributed by atoms with Gasteiger partial charge in [-0.25, -0.2) is 13.8 Å². The highest BCUT2D eigenvalue weighted by Gasteiger charge is 2.13. The van der Waals surface area contributed by atoms with Crippen LogP contribution in [0.25, 0.3) is 11.4 Å². The first-order valence-corrected chi connectivity index (χ1v) is 5.23. The van der Waals surface area contributed by atoms with Gasteiger partial charge in [0, 0.05) is 18.7 Å². The highest BCUT2D eigenvalue weighted by Crippen LogP contribution is 2.22. The Balaban J connectivity index is 2.50. The van der Waals surface area contributed by atoms with E-state index in [1.165, 1.54) is 6.07 Å². The van der Waals surface area contributed by atoms with Gasteiger partial charge in [0.1, 0.15) is 5.82 Å². The van der Waals surface area contributed by atoms with Crippen molar-refractivity contribution >= 4 is 0 Å². The molecule has 1 atom stereocenters. The molecule has 0 bridgehead atoms. The molecule has 90 valence electrons. The van der Waals surface area contributed by atoms with Gasteiger partial charge in [0.15, 0.2) is 11.6 Å². The van der Waals surface area contributed by atoms with E-state index < -0.39 is 11.6 Å². The van der Waals surface area contributed by atoms with Crippen molar-refractivity contribution in [2.45, 2.75) is 13.0 Å². The van der Waals surface area contributed by atoms with Crippen LogP contribution in [0, 0.1) is 11.6 Å². The number of imidazole rings is 1. The summed E-state index contributed by atoms with van der Waals surface area (Å²) in [7, 11) is 1.79. The van der Waals surface area contributed by atoms with Gasteiger partial charge in [0.05, 0.1) is 11.9 Å². The Bertz CT molecular complexity index is 547. The van der Waals surface area contributed by atoms with Crippen LogP contribution in [0.2, 0.25) is 0 Å². The topological polar surface area (TPSA) is 43.8 Å². The molecule has 0 aliphatic rings. The molecule has 0 spiro atoms. The van der Waals surface area contributed by atoms with E-state index in [2.05, 4.69) is 4.98 Å². The number of hydrogen-bond acceptors (Lipinski definition) is 2. The van der Waals surface area contributed by atoms with Gasteiger partial charge in [-0.1, -0.05) is 0 Å². The third-order valence-corrected chi connectivity index (χ3v) is 2.67. The molecule has 0 saturated heterocycles. The fourth-order valence-corrected chi connectivity index (χ4v) is 1.75. The lowest BCUT2D eigenvalue weighted by molar-refractivity contribution is 0.509. The zero-order chi connectivity index (χ0) is 12.6. The van der Waals surface area contributed by atoms with Gasteiger partial charge in [0.25, 0.3) is 0 Å². The maximum Gasteiger partial charge on any atom is 0.159 e. The normalized spacial score (nSPS) is 12.8. The lowest BCUT2D eigenvalue weighted by atomic mass is 10.2. The molecule has 5 heteroatoms. The Hall–Kier alpha value is -1.75. The second-order valence-electron chi connectivity index (χ2n) is 3.98. The van der Waals surface area contributed by atoms with Crippen molar-refractivity contribution in [3.05, 3.63) is 41.7 Å². The van der Waals surface area contributed by atoms with Crippen LogP contribution in [0.1, 0.15) is 18.7 Å². The minimum Gasteiger partial charge on any atom is -0.330 e. The molecule has 0 fully saturated rings. The second-order valence-corrected chi connectivity index (χ2v) is 3.98. The SMILES string of the molecule is CC(N)c1cnc(-c2ccc(F)c(F)c2)n1C. The summed E-state index contributed by atoms with van der Waals surface area (Å²) in [5.74, 6) is -1.18. The quantitative estimate of drug-likeness (QED) is 0.871. The summed E-state index contributed by atoms with van der Waals surface area (Å²) in [6.07, 6.45) is 1.64. The molecule has 1 heterocycles. The number of nitrogens with two attached hydrogens (primary N) is 1. The highest BCUT2D eigenvalue weighted by atomic mass is 19.2. The first kappa shape index (κ1) is 11.7. The molecule has 17 heavy (non-hydrogen) atoms. The molecule has 1 aromatic carbocycles. The van der Waals surface area contributed by atoms with Crippen molar-refractivity contribution in [3.8, 4) is 11.4 Å². The van der Waals surface area contributed by atoms with Crippen LogP contribution >= 0.6 is 0 Å². The first-order valence-electron chi connectivity index (χ1n) is 5.23. The highest BCUT2D eigenvalue weighted by molar-refractivity contribution is 5.56. The van der Waals surface area contributed by atoms with Crippen LogP contribution < -0.4 is 5.73 Å². The average molecular weight is 237 g/mol. The molecule has 2 rings (SSSR count). The van der Waals surface area contributed by atoms with Crippen molar-refractivity contribution in [2.24, 2.45) is 12.8 Å². The lowest BCUT2D eigenvalue weighted by Crippen LogP contribution is -2.10. The van der Waals surface area contributed by atoms with Crippen molar-refractivity contribution in [1.29, 1.82) is 0 Å². The number of benzene rings is 1. The zero-order valence-corrected chi connectivity index (χ0v) is 9.61. The molecule has 0 aliphatic heterocycles. The maximum atomic E-state index is 13.1. The van der Waals surface area contributed by atoms with Gasteiger partial charge >= 0.3 is 0 Å². The molecular weight excluding hydrogens is 224 g/mol. The van der Waals surface area contributed by atoms with E-state index in [4.69, 9.17) is 5.73 Å². The third-order valence-electron chi connectivity index (χ3n) is 2.67. The molecule has 1 aromatic heterocycles. The number of rotatable bonds is 2. The van der Waals surface area contributed by atoms with Crippen LogP contribution in [0.4, 0.5) is 8.78 Å². The summed E-state index contributed by atoms with van der Waals surface area (Å²) in [5, 5.41) is 0. The van der Waals surface area contributed by atoms with E-state index in [0.29, 0.717) is 11.4 Å². The van der Waals surface area contributed by atoms with Crippen LogP contribution in [-0.2, 0) is 7.05 Å². The number of hydrogen-bond donors (Lipinski definition) is 1. The van der Waals surface area contributed by atoms with Crippen LogP contribution in [0.3, 0.4) is 0 Å². The Morgan fingerprint density at radius 1 is 1.29 bits per heavy atom. The predicted molar refractivity (Wildman–Crippen MR) is 61.2 cm³/mol. The number of nitrogens with zero attached hydrogens (tertiary/aromatic N) is 2. The van der Waals surface area contributed by atoms with Gasteiger partial charge < -0.3 is 10.3 Å². The Kier molecular flexibility index (Phi) is 2.93. The second kappa shape index (κ2) is 4.25. The van der Waals surface area contributed by atoms with Gasteiger partial charge in [-0.2, -0.15) is 0 Å². The maximum absolute atomic E-state index is 13.1. The van der Waals surface area contributed by atoms with Crippen molar-refractivity contribution in [1.82, 2.24) is 9.55 Å². The Labute approximate surface area is 97.9 Å².